The van der Waals surface area contributed by atoms with Crippen molar-refractivity contribution in [3.8, 4) is 6.07 Å². The molecule has 2 rings (SSSR count). The molecule has 0 unspecified atom stereocenters. The molecule has 1 fully saturated rings. The first kappa shape index (κ1) is 15.5. The van der Waals surface area contributed by atoms with Gasteiger partial charge in [-0.05, 0) is 18.6 Å². The molecule has 6 heteroatoms. The van der Waals surface area contributed by atoms with E-state index in [1.54, 1.807) is 0 Å². The Labute approximate surface area is 125 Å². The Bertz CT molecular complexity index is 523. The summed E-state index contributed by atoms with van der Waals surface area (Å²) in [4.78, 5) is 16.1. The highest BCUT2D eigenvalue weighted by Gasteiger charge is 2.19. The molecule has 1 saturated heterocycles. The summed E-state index contributed by atoms with van der Waals surface area (Å²) in [5, 5.41) is 11.8. The van der Waals surface area contributed by atoms with Gasteiger partial charge in [0.1, 0.15) is 11.8 Å². The van der Waals surface area contributed by atoms with Gasteiger partial charge in [0.05, 0.1) is 6.54 Å². The third-order valence-electron chi connectivity index (χ3n) is 3.79. The zero-order valence-corrected chi connectivity index (χ0v) is 12.8. The number of likely N-dealkylation sites (N-methyl/N-ethyl adjacent to an activating group) is 1. The zero-order chi connectivity index (χ0) is 15.2. The zero-order valence-electron chi connectivity index (χ0n) is 12.8. The first-order chi connectivity index (χ1) is 10.1. The van der Waals surface area contributed by atoms with Crippen LogP contribution in [0.3, 0.4) is 0 Å². The third-order valence-corrected chi connectivity index (χ3v) is 3.79. The maximum atomic E-state index is 11.6. The second kappa shape index (κ2) is 7.25. The van der Waals surface area contributed by atoms with Crippen LogP contribution in [0, 0.1) is 11.3 Å². The molecule has 114 valence electrons. The summed E-state index contributed by atoms with van der Waals surface area (Å²) in [6.07, 6.45) is 2.01. The molecule has 21 heavy (non-hydrogen) atoms. The Morgan fingerprint density at radius 2 is 2.00 bits per heavy atom. The van der Waals surface area contributed by atoms with Gasteiger partial charge in [-0.1, -0.05) is 0 Å². The average molecular weight is 289 g/mol. The average Bonchev–Trinajstić information content (AvgIpc) is 2.81. The molecule has 1 aromatic heterocycles. The van der Waals surface area contributed by atoms with E-state index in [1.807, 2.05) is 30.8 Å². The van der Waals surface area contributed by atoms with E-state index in [1.165, 1.54) is 5.56 Å². The van der Waals surface area contributed by atoms with E-state index in [9.17, 15) is 4.79 Å². The maximum Gasteiger partial charge on any atom is 0.234 e. The summed E-state index contributed by atoms with van der Waals surface area (Å²) in [7, 11) is 1.90. The highest BCUT2D eigenvalue weighted by Crippen LogP contribution is 2.11. The SMILES string of the molecule is CCNC(=O)CN1CCN(Cc2cc(C#N)n(C)c2)CC1. The Kier molecular flexibility index (Phi) is 5.37. The van der Waals surface area contributed by atoms with Gasteiger partial charge in [-0.25, -0.2) is 0 Å². The van der Waals surface area contributed by atoms with Crippen molar-refractivity contribution in [1.29, 1.82) is 5.26 Å². The van der Waals surface area contributed by atoms with E-state index < -0.39 is 0 Å². The number of piperazine rings is 1. The van der Waals surface area contributed by atoms with Gasteiger partial charge in [-0.15, -0.1) is 0 Å². The minimum absolute atomic E-state index is 0.104. The van der Waals surface area contributed by atoms with Crippen LogP contribution in [0.5, 0.6) is 0 Å². The number of carbonyl (C=O) groups is 1. The van der Waals surface area contributed by atoms with Crippen molar-refractivity contribution in [3.05, 3.63) is 23.5 Å². The Hall–Kier alpha value is -1.84. The normalized spacial score (nSPS) is 16.6. The van der Waals surface area contributed by atoms with Crippen LogP contribution in [-0.2, 0) is 18.4 Å². The second-order valence-corrected chi connectivity index (χ2v) is 5.46. The quantitative estimate of drug-likeness (QED) is 0.838. The number of nitrogens with one attached hydrogen (secondary N) is 1. The van der Waals surface area contributed by atoms with Gasteiger partial charge in [0.2, 0.25) is 5.91 Å². The number of hydrogen-bond donors (Lipinski definition) is 1. The Balaban J connectivity index is 1.78. The van der Waals surface area contributed by atoms with Crippen LogP contribution in [0.25, 0.3) is 0 Å². The molecule has 1 aliphatic heterocycles. The van der Waals surface area contributed by atoms with Crippen molar-refractivity contribution < 1.29 is 4.79 Å². The smallest absolute Gasteiger partial charge is 0.234 e. The van der Waals surface area contributed by atoms with Crippen LogP contribution in [0.2, 0.25) is 0 Å². The molecule has 0 aliphatic carbocycles. The first-order valence-electron chi connectivity index (χ1n) is 7.39. The molecule has 0 atom stereocenters. The van der Waals surface area contributed by atoms with Crippen molar-refractivity contribution >= 4 is 5.91 Å². The monoisotopic (exact) mass is 289 g/mol. The predicted molar refractivity (Wildman–Crippen MR) is 80.5 cm³/mol. The van der Waals surface area contributed by atoms with Crippen LogP contribution in [0.1, 0.15) is 18.2 Å². The highest BCUT2D eigenvalue weighted by atomic mass is 16.2. The largest absolute Gasteiger partial charge is 0.355 e. The van der Waals surface area contributed by atoms with Crippen LogP contribution < -0.4 is 5.32 Å². The van der Waals surface area contributed by atoms with E-state index >= 15 is 0 Å². The molecular weight excluding hydrogens is 266 g/mol. The van der Waals surface area contributed by atoms with Crippen molar-refractivity contribution in [3.63, 3.8) is 0 Å². The number of amides is 1. The summed E-state index contributed by atoms with van der Waals surface area (Å²) in [6.45, 7) is 7.71. The number of nitrogens with zero attached hydrogens (tertiary/aromatic N) is 4. The van der Waals surface area contributed by atoms with Crippen LogP contribution in [-0.4, -0.2) is 59.5 Å². The molecule has 0 radical (unpaired) electrons. The number of rotatable bonds is 5. The summed E-state index contributed by atoms with van der Waals surface area (Å²) in [5.41, 5.74) is 1.87. The number of aromatic nitrogens is 1. The summed E-state index contributed by atoms with van der Waals surface area (Å²) in [6, 6.07) is 4.13. The number of hydrogen-bond acceptors (Lipinski definition) is 4. The fraction of sp³-hybridized carbons (Fsp3) is 0.600. The van der Waals surface area contributed by atoms with Crippen LogP contribution >= 0.6 is 0 Å². The molecule has 0 saturated carbocycles. The van der Waals surface area contributed by atoms with Gasteiger partial charge in [0.15, 0.2) is 0 Å². The lowest BCUT2D eigenvalue weighted by atomic mass is 10.2. The first-order valence-corrected chi connectivity index (χ1v) is 7.39. The van der Waals surface area contributed by atoms with Crippen molar-refractivity contribution in [2.24, 2.45) is 7.05 Å². The second-order valence-electron chi connectivity index (χ2n) is 5.46. The van der Waals surface area contributed by atoms with E-state index in [0.717, 1.165) is 32.7 Å². The number of carbonyl (C=O) groups excluding carboxylic acids is 1. The van der Waals surface area contributed by atoms with Gasteiger partial charge in [0, 0.05) is 52.5 Å². The van der Waals surface area contributed by atoms with Crippen molar-refractivity contribution in [2.45, 2.75) is 13.5 Å². The molecule has 1 aliphatic rings. The van der Waals surface area contributed by atoms with Gasteiger partial charge in [-0.2, -0.15) is 5.26 Å². The fourth-order valence-corrected chi connectivity index (χ4v) is 2.65. The fourth-order valence-electron chi connectivity index (χ4n) is 2.65. The molecule has 1 amide bonds. The van der Waals surface area contributed by atoms with E-state index in [4.69, 9.17) is 5.26 Å². The van der Waals surface area contributed by atoms with Crippen LogP contribution in [0.4, 0.5) is 0 Å². The van der Waals surface area contributed by atoms with Gasteiger partial charge in [-0.3, -0.25) is 14.6 Å². The molecule has 0 bridgehead atoms. The summed E-state index contributed by atoms with van der Waals surface area (Å²) < 4.78 is 1.86. The minimum Gasteiger partial charge on any atom is -0.355 e. The molecule has 1 N–H and O–H groups in total. The Morgan fingerprint density at radius 1 is 1.33 bits per heavy atom. The molecule has 6 nitrogen and oxygen atoms in total. The standard InChI is InChI=1S/C15H23N5O/c1-3-17-15(21)12-20-6-4-19(5-7-20)11-13-8-14(9-16)18(2)10-13/h8,10H,3-7,11-12H2,1-2H3,(H,17,21). The topological polar surface area (TPSA) is 64.3 Å². The molecule has 0 spiro atoms. The van der Waals surface area contributed by atoms with Crippen molar-refractivity contribution in [1.82, 2.24) is 19.7 Å². The van der Waals surface area contributed by atoms with E-state index in [2.05, 4.69) is 21.2 Å². The molecule has 0 aromatic carbocycles. The Morgan fingerprint density at radius 3 is 2.57 bits per heavy atom. The predicted octanol–water partition coefficient (Wildman–Crippen LogP) is 0.150. The molecular formula is C15H23N5O. The third kappa shape index (κ3) is 4.31. The number of nitriles is 1. The van der Waals surface area contributed by atoms with Gasteiger partial charge < -0.3 is 9.88 Å². The summed E-state index contributed by atoms with van der Waals surface area (Å²) >= 11 is 0. The van der Waals surface area contributed by atoms with Crippen molar-refractivity contribution in [2.75, 3.05) is 39.3 Å². The maximum absolute atomic E-state index is 11.6. The lowest BCUT2D eigenvalue weighted by Crippen LogP contribution is -2.49. The van der Waals surface area contributed by atoms with Gasteiger partial charge in [0.25, 0.3) is 0 Å². The van der Waals surface area contributed by atoms with Gasteiger partial charge >= 0.3 is 0 Å². The highest BCUT2D eigenvalue weighted by molar-refractivity contribution is 5.77. The summed E-state index contributed by atoms with van der Waals surface area (Å²) in [5.74, 6) is 0.104. The lowest BCUT2D eigenvalue weighted by Gasteiger charge is -2.34. The lowest BCUT2D eigenvalue weighted by molar-refractivity contribution is -0.122. The van der Waals surface area contributed by atoms with Crippen LogP contribution in [0.15, 0.2) is 12.3 Å². The molecule has 2 heterocycles. The van der Waals surface area contributed by atoms with E-state index in [-0.39, 0.29) is 5.91 Å². The number of aryl methyl sites for hydroxylation is 1. The van der Waals surface area contributed by atoms with E-state index in [0.29, 0.717) is 18.8 Å². The minimum atomic E-state index is 0.104. The molecule has 1 aromatic rings.